The van der Waals surface area contributed by atoms with E-state index in [9.17, 15) is 4.79 Å². The van der Waals surface area contributed by atoms with Crippen LogP contribution in [-0.4, -0.2) is 12.9 Å². The molecule has 2 nitrogen and oxygen atoms in total. The Morgan fingerprint density at radius 3 is 2.55 bits per heavy atom. The summed E-state index contributed by atoms with van der Waals surface area (Å²) in [7, 11) is 0. The molecule has 0 bridgehead atoms. The van der Waals surface area contributed by atoms with Crippen LogP contribution in [0.5, 0.6) is 5.75 Å². The van der Waals surface area contributed by atoms with Gasteiger partial charge in [0.2, 0.25) is 0 Å². The Hall–Kier alpha value is -1.13. The van der Waals surface area contributed by atoms with Gasteiger partial charge >= 0.3 is 0 Å². The van der Waals surface area contributed by atoms with Crippen molar-refractivity contribution >= 4 is 38.1 Å². The van der Waals surface area contributed by atoms with Crippen LogP contribution in [0.2, 0.25) is 0 Å². The number of benzene rings is 2. The Morgan fingerprint density at radius 1 is 1.20 bits per heavy atom. The smallest absolute Gasteiger partial charge is 0.150 e. The van der Waals surface area contributed by atoms with Gasteiger partial charge < -0.3 is 4.74 Å². The van der Waals surface area contributed by atoms with Crippen molar-refractivity contribution in [2.45, 2.75) is 12.3 Å². The van der Waals surface area contributed by atoms with Gasteiger partial charge in [-0.2, -0.15) is 0 Å². The van der Waals surface area contributed by atoms with Crippen molar-refractivity contribution in [1.82, 2.24) is 0 Å². The van der Waals surface area contributed by atoms with Gasteiger partial charge in [-0.15, -0.1) is 0 Å². The van der Waals surface area contributed by atoms with Crippen LogP contribution in [0.15, 0.2) is 45.3 Å². The van der Waals surface area contributed by atoms with Gasteiger partial charge in [-0.25, -0.2) is 0 Å². The topological polar surface area (TPSA) is 26.3 Å². The lowest BCUT2D eigenvalue weighted by molar-refractivity contribution is 0.112. The lowest BCUT2D eigenvalue weighted by Crippen LogP contribution is -2.23. The van der Waals surface area contributed by atoms with Gasteiger partial charge in [0.15, 0.2) is 0 Å². The van der Waals surface area contributed by atoms with Gasteiger partial charge in [0, 0.05) is 11.5 Å². The van der Waals surface area contributed by atoms with Gasteiger partial charge in [-0.1, -0.05) is 24.3 Å². The van der Waals surface area contributed by atoms with Gasteiger partial charge in [-0.3, -0.25) is 4.79 Å². The van der Waals surface area contributed by atoms with E-state index in [-0.39, 0.29) is 0 Å². The first-order chi connectivity index (χ1) is 9.69. The SMILES string of the molecule is O=Cc1cc(Br)c(OCC2Cc3ccccc32)c(Br)c1. The fourth-order valence-electron chi connectivity index (χ4n) is 2.48. The molecule has 2 aromatic carbocycles. The van der Waals surface area contributed by atoms with E-state index in [4.69, 9.17) is 4.74 Å². The van der Waals surface area contributed by atoms with Crippen LogP contribution in [0, 0.1) is 0 Å². The maximum atomic E-state index is 10.8. The Kier molecular flexibility index (Phi) is 3.94. The van der Waals surface area contributed by atoms with Gasteiger partial charge in [0.1, 0.15) is 12.0 Å². The molecule has 1 atom stereocenters. The number of fused-ring (bicyclic) bond motifs is 1. The molecule has 0 aromatic heterocycles. The number of carbonyl (C=O) groups excluding carboxylic acids is 1. The van der Waals surface area contributed by atoms with Crippen LogP contribution in [0.25, 0.3) is 0 Å². The van der Waals surface area contributed by atoms with Crippen LogP contribution in [0.4, 0.5) is 0 Å². The zero-order chi connectivity index (χ0) is 14.1. The molecule has 1 aliphatic carbocycles. The molecule has 3 rings (SSSR count). The molecule has 20 heavy (non-hydrogen) atoms. The Bertz CT molecular complexity index is 644. The Labute approximate surface area is 134 Å². The summed E-state index contributed by atoms with van der Waals surface area (Å²) in [4.78, 5) is 10.8. The average Bonchev–Trinajstić information content (AvgIpc) is 2.42. The Balaban J connectivity index is 1.73. The molecule has 1 aliphatic rings. The monoisotopic (exact) mass is 394 g/mol. The summed E-state index contributed by atoms with van der Waals surface area (Å²) in [5.74, 6) is 1.20. The zero-order valence-corrected chi connectivity index (χ0v) is 13.8. The minimum absolute atomic E-state index is 0.454. The predicted molar refractivity (Wildman–Crippen MR) is 85.6 cm³/mol. The van der Waals surface area contributed by atoms with E-state index in [1.165, 1.54) is 11.1 Å². The summed E-state index contributed by atoms with van der Waals surface area (Å²) >= 11 is 6.89. The van der Waals surface area contributed by atoms with Crippen molar-refractivity contribution in [2.75, 3.05) is 6.61 Å². The van der Waals surface area contributed by atoms with Gasteiger partial charge in [0.25, 0.3) is 0 Å². The average molecular weight is 396 g/mol. The maximum Gasteiger partial charge on any atom is 0.150 e. The lowest BCUT2D eigenvalue weighted by Gasteiger charge is -2.30. The number of hydrogen-bond acceptors (Lipinski definition) is 2. The first kappa shape index (κ1) is 13.8. The van der Waals surface area contributed by atoms with Crippen molar-refractivity contribution in [2.24, 2.45) is 0 Å². The first-order valence-corrected chi connectivity index (χ1v) is 7.92. The largest absolute Gasteiger partial charge is 0.491 e. The summed E-state index contributed by atoms with van der Waals surface area (Å²) in [6.45, 7) is 0.647. The summed E-state index contributed by atoms with van der Waals surface area (Å²) in [6, 6.07) is 12.0. The highest BCUT2D eigenvalue weighted by molar-refractivity contribution is 9.11. The van der Waals surface area contributed by atoms with Crippen molar-refractivity contribution in [1.29, 1.82) is 0 Å². The molecule has 4 heteroatoms. The number of rotatable bonds is 4. The molecule has 0 aliphatic heterocycles. The van der Waals surface area contributed by atoms with E-state index in [2.05, 4.69) is 56.1 Å². The molecule has 1 unspecified atom stereocenters. The van der Waals surface area contributed by atoms with E-state index in [1.54, 1.807) is 12.1 Å². The van der Waals surface area contributed by atoms with Gasteiger partial charge in [-0.05, 0) is 61.5 Å². The van der Waals surface area contributed by atoms with Crippen molar-refractivity contribution in [3.8, 4) is 5.75 Å². The highest BCUT2D eigenvalue weighted by Crippen LogP contribution is 2.38. The third kappa shape index (κ3) is 2.54. The number of halogens is 2. The molecular formula is C16H12Br2O2. The summed E-state index contributed by atoms with van der Waals surface area (Å²) in [6.07, 6.45) is 1.89. The molecule has 0 N–H and O–H groups in total. The fraction of sp³-hybridized carbons (Fsp3) is 0.188. The second-order valence-corrected chi connectivity index (χ2v) is 6.55. The summed E-state index contributed by atoms with van der Waals surface area (Å²) in [5, 5.41) is 0. The van der Waals surface area contributed by atoms with E-state index in [0.29, 0.717) is 18.1 Å². The zero-order valence-electron chi connectivity index (χ0n) is 10.6. The standard InChI is InChI=1S/C16H12Br2O2/c17-14-5-10(8-19)6-15(18)16(14)20-9-12-7-11-3-1-2-4-13(11)12/h1-6,8,12H,7,9H2. The number of ether oxygens (including phenoxy) is 1. The van der Waals surface area contributed by atoms with Crippen molar-refractivity contribution in [3.05, 3.63) is 62.0 Å². The third-order valence-electron chi connectivity index (χ3n) is 3.55. The van der Waals surface area contributed by atoms with Crippen LogP contribution < -0.4 is 4.74 Å². The molecule has 0 saturated carbocycles. The molecule has 0 fully saturated rings. The molecule has 2 aromatic rings. The molecule has 0 saturated heterocycles. The minimum Gasteiger partial charge on any atom is -0.491 e. The highest BCUT2D eigenvalue weighted by Gasteiger charge is 2.26. The third-order valence-corrected chi connectivity index (χ3v) is 4.72. The van der Waals surface area contributed by atoms with E-state index < -0.39 is 0 Å². The van der Waals surface area contributed by atoms with E-state index in [0.717, 1.165) is 27.4 Å². The van der Waals surface area contributed by atoms with Crippen LogP contribution in [0.3, 0.4) is 0 Å². The molecular weight excluding hydrogens is 384 g/mol. The van der Waals surface area contributed by atoms with Crippen molar-refractivity contribution < 1.29 is 9.53 Å². The normalized spacial score (nSPS) is 16.2. The first-order valence-electron chi connectivity index (χ1n) is 6.34. The van der Waals surface area contributed by atoms with Crippen molar-refractivity contribution in [3.63, 3.8) is 0 Å². The van der Waals surface area contributed by atoms with Gasteiger partial charge in [0.05, 0.1) is 15.6 Å². The molecule has 0 radical (unpaired) electrons. The number of hydrogen-bond donors (Lipinski definition) is 0. The predicted octanol–water partition coefficient (Wildman–Crippen LogP) is 4.74. The summed E-state index contributed by atoms with van der Waals surface area (Å²) in [5.41, 5.74) is 3.41. The molecule has 0 spiro atoms. The quantitative estimate of drug-likeness (QED) is 0.698. The lowest BCUT2D eigenvalue weighted by atomic mass is 9.78. The molecule has 0 heterocycles. The van der Waals surface area contributed by atoms with Crippen LogP contribution >= 0.6 is 31.9 Å². The van der Waals surface area contributed by atoms with E-state index >= 15 is 0 Å². The highest BCUT2D eigenvalue weighted by atomic mass is 79.9. The van der Waals surface area contributed by atoms with Crippen LogP contribution in [-0.2, 0) is 6.42 Å². The Morgan fingerprint density at radius 2 is 1.90 bits per heavy atom. The van der Waals surface area contributed by atoms with E-state index in [1.807, 2.05) is 0 Å². The minimum atomic E-state index is 0.454. The second kappa shape index (κ2) is 5.70. The van der Waals surface area contributed by atoms with Crippen LogP contribution in [0.1, 0.15) is 27.4 Å². The molecule has 102 valence electrons. The second-order valence-electron chi connectivity index (χ2n) is 4.84. The molecule has 0 amide bonds. The number of carbonyl (C=O) groups is 1. The number of aldehydes is 1. The fourth-order valence-corrected chi connectivity index (χ4v) is 3.93. The maximum absolute atomic E-state index is 10.8. The summed E-state index contributed by atoms with van der Waals surface area (Å²) < 4.78 is 7.50.